The van der Waals surface area contributed by atoms with E-state index in [-0.39, 0.29) is 24.5 Å². The van der Waals surface area contributed by atoms with Crippen LogP contribution in [0.3, 0.4) is 0 Å². The quantitative estimate of drug-likeness (QED) is 0.580. The number of nitrogen functional groups attached to an aromatic ring is 1. The minimum atomic E-state index is -3.60. The van der Waals surface area contributed by atoms with E-state index in [4.69, 9.17) is 5.73 Å². The predicted molar refractivity (Wildman–Crippen MR) is 67.3 cm³/mol. The highest BCUT2D eigenvalue weighted by Crippen LogP contribution is 2.11. The maximum Gasteiger partial charge on any atom is 0.307 e. The minimum Gasteiger partial charge on any atom is -0.466 e. The number of carbonyl (C=O) groups excluding carboxylic acids is 1. The van der Waals surface area contributed by atoms with Gasteiger partial charge in [0.2, 0.25) is 10.0 Å². The fourth-order valence-electron chi connectivity index (χ4n) is 1.25. The molecule has 1 rings (SSSR count). The van der Waals surface area contributed by atoms with Crippen molar-refractivity contribution >= 4 is 21.7 Å². The summed E-state index contributed by atoms with van der Waals surface area (Å²) < 4.78 is 30.6. The number of carbonyl (C=O) groups is 1. The summed E-state index contributed by atoms with van der Waals surface area (Å²) in [4.78, 5) is 11.1. The molecule has 0 aliphatic heterocycles. The van der Waals surface area contributed by atoms with Crippen LogP contribution in [0.5, 0.6) is 0 Å². The molecule has 0 radical (unpaired) electrons. The van der Waals surface area contributed by atoms with Gasteiger partial charge in [0.1, 0.15) is 0 Å². The Hall–Kier alpha value is -1.60. The van der Waals surface area contributed by atoms with Crippen LogP contribution < -0.4 is 10.5 Å². The number of ether oxygens (including phenoxy) is 1. The Morgan fingerprint density at radius 3 is 2.50 bits per heavy atom. The second kappa shape index (κ2) is 6.36. The Labute approximate surface area is 106 Å². The molecule has 0 aliphatic carbocycles. The fourth-order valence-corrected chi connectivity index (χ4v) is 2.28. The molecular formula is C11H16N2O4S. The van der Waals surface area contributed by atoms with Crippen molar-refractivity contribution in [1.82, 2.24) is 4.72 Å². The van der Waals surface area contributed by atoms with E-state index in [9.17, 15) is 13.2 Å². The average molecular weight is 272 g/mol. The van der Waals surface area contributed by atoms with Crippen molar-refractivity contribution in [1.29, 1.82) is 0 Å². The van der Waals surface area contributed by atoms with Crippen LogP contribution in [0.25, 0.3) is 0 Å². The van der Waals surface area contributed by atoms with Crippen molar-refractivity contribution in [3.63, 3.8) is 0 Å². The molecule has 0 heterocycles. The van der Waals surface area contributed by atoms with Crippen LogP contribution in [0, 0.1) is 0 Å². The summed E-state index contributed by atoms with van der Waals surface area (Å²) in [5.41, 5.74) is 5.95. The van der Waals surface area contributed by atoms with Gasteiger partial charge in [-0.15, -0.1) is 0 Å². The standard InChI is InChI=1S/C11H16N2O4S/c1-2-17-11(14)7-8-13-18(15,16)10-5-3-9(12)4-6-10/h3-6,13H,2,7-8,12H2,1H3. The average Bonchev–Trinajstić information content (AvgIpc) is 2.29. The first-order valence-electron chi connectivity index (χ1n) is 5.46. The SMILES string of the molecule is CCOC(=O)CCNS(=O)(=O)c1ccc(N)cc1. The molecule has 0 atom stereocenters. The summed E-state index contributed by atoms with van der Waals surface area (Å²) >= 11 is 0. The summed E-state index contributed by atoms with van der Waals surface area (Å²) in [6.07, 6.45) is 0.00203. The van der Waals surface area contributed by atoms with Gasteiger partial charge in [0.25, 0.3) is 0 Å². The number of esters is 1. The first-order chi connectivity index (χ1) is 8.45. The van der Waals surface area contributed by atoms with Crippen molar-refractivity contribution in [3.8, 4) is 0 Å². The van der Waals surface area contributed by atoms with Crippen LogP contribution in [0.15, 0.2) is 29.2 Å². The van der Waals surface area contributed by atoms with Crippen LogP contribution in [-0.2, 0) is 19.6 Å². The molecule has 0 aromatic heterocycles. The molecule has 18 heavy (non-hydrogen) atoms. The molecule has 0 fully saturated rings. The van der Waals surface area contributed by atoms with Gasteiger partial charge in [-0.1, -0.05) is 0 Å². The smallest absolute Gasteiger partial charge is 0.307 e. The number of rotatable bonds is 6. The van der Waals surface area contributed by atoms with Gasteiger partial charge < -0.3 is 10.5 Å². The Balaban J connectivity index is 2.55. The number of nitrogens with one attached hydrogen (secondary N) is 1. The third kappa shape index (κ3) is 4.34. The zero-order chi connectivity index (χ0) is 13.6. The topological polar surface area (TPSA) is 98.5 Å². The lowest BCUT2D eigenvalue weighted by Crippen LogP contribution is -2.26. The highest BCUT2D eigenvalue weighted by atomic mass is 32.2. The molecule has 3 N–H and O–H groups in total. The van der Waals surface area contributed by atoms with Gasteiger partial charge in [-0.3, -0.25) is 4.79 Å². The first-order valence-corrected chi connectivity index (χ1v) is 6.95. The van der Waals surface area contributed by atoms with Crippen molar-refractivity contribution in [2.75, 3.05) is 18.9 Å². The third-order valence-corrected chi connectivity index (χ3v) is 3.59. The van der Waals surface area contributed by atoms with Crippen LogP contribution in [-0.4, -0.2) is 27.5 Å². The molecule has 0 saturated carbocycles. The lowest BCUT2D eigenvalue weighted by atomic mass is 10.3. The van der Waals surface area contributed by atoms with Crippen molar-refractivity contribution in [2.45, 2.75) is 18.2 Å². The molecular weight excluding hydrogens is 256 g/mol. The highest BCUT2D eigenvalue weighted by molar-refractivity contribution is 7.89. The predicted octanol–water partition coefficient (Wildman–Crippen LogP) is 0.500. The van der Waals surface area contributed by atoms with Gasteiger partial charge in [0.15, 0.2) is 0 Å². The van der Waals surface area contributed by atoms with Gasteiger partial charge >= 0.3 is 5.97 Å². The Kier molecular flexibility index (Phi) is 5.11. The summed E-state index contributed by atoms with van der Waals surface area (Å²) in [5.74, 6) is -0.433. The van der Waals surface area contributed by atoms with Gasteiger partial charge in [-0.05, 0) is 31.2 Å². The molecule has 0 aliphatic rings. The molecule has 0 spiro atoms. The van der Waals surface area contributed by atoms with Crippen LogP contribution in [0.4, 0.5) is 5.69 Å². The summed E-state index contributed by atoms with van der Waals surface area (Å²) in [6, 6.07) is 5.81. The Bertz CT molecular complexity index is 496. The largest absolute Gasteiger partial charge is 0.466 e. The summed E-state index contributed by atoms with van der Waals surface area (Å²) in [6.45, 7) is 1.98. The third-order valence-electron chi connectivity index (χ3n) is 2.12. The lowest BCUT2D eigenvalue weighted by molar-refractivity contribution is -0.142. The van der Waals surface area contributed by atoms with E-state index in [0.717, 1.165) is 0 Å². The van der Waals surface area contributed by atoms with E-state index < -0.39 is 16.0 Å². The molecule has 7 heteroatoms. The van der Waals surface area contributed by atoms with Crippen LogP contribution >= 0.6 is 0 Å². The van der Waals surface area contributed by atoms with E-state index in [2.05, 4.69) is 9.46 Å². The van der Waals surface area contributed by atoms with Crippen molar-refractivity contribution in [2.24, 2.45) is 0 Å². The van der Waals surface area contributed by atoms with Crippen LogP contribution in [0.1, 0.15) is 13.3 Å². The molecule has 0 bridgehead atoms. The van der Waals surface area contributed by atoms with Gasteiger partial charge in [0.05, 0.1) is 17.9 Å². The molecule has 1 aromatic carbocycles. The Morgan fingerprint density at radius 1 is 1.33 bits per heavy atom. The van der Waals surface area contributed by atoms with Gasteiger partial charge in [-0.25, -0.2) is 13.1 Å². The fraction of sp³-hybridized carbons (Fsp3) is 0.364. The molecule has 1 aromatic rings. The number of hydrogen-bond donors (Lipinski definition) is 2. The minimum absolute atomic E-state index is 0.00203. The van der Waals surface area contributed by atoms with Crippen molar-refractivity contribution in [3.05, 3.63) is 24.3 Å². The number of sulfonamides is 1. The maximum absolute atomic E-state index is 11.8. The van der Waals surface area contributed by atoms with E-state index in [1.54, 1.807) is 6.92 Å². The number of nitrogens with two attached hydrogens (primary N) is 1. The zero-order valence-electron chi connectivity index (χ0n) is 10.0. The monoisotopic (exact) mass is 272 g/mol. The molecule has 0 unspecified atom stereocenters. The van der Waals surface area contributed by atoms with E-state index in [1.165, 1.54) is 24.3 Å². The summed E-state index contributed by atoms with van der Waals surface area (Å²) in [5, 5.41) is 0. The molecule has 100 valence electrons. The molecule has 0 amide bonds. The molecule has 0 saturated heterocycles. The first kappa shape index (κ1) is 14.5. The number of hydrogen-bond acceptors (Lipinski definition) is 5. The summed E-state index contributed by atoms with van der Waals surface area (Å²) in [7, 11) is -3.60. The number of benzene rings is 1. The second-order valence-corrected chi connectivity index (χ2v) is 5.29. The van der Waals surface area contributed by atoms with E-state index in [1.807, 2.05) is 0 Å². The highest BCUT2D eigenvalue weighted by Gasteiger charge is 2.13. The lowest BCUT2D eigenvalue weighted by Gasteiger charge is -2.06. The van der Waals surface area contributed by atoms with E-state index in [0.29, 0.717) is 5.69 Å². The van der Waals surface area contributed by atoms with Crippen LogP contribution in [0.2, 0.25) is 0 Å². The maximum atomic E-state index is 11.8. The Morgan fingerprint density at radius 2 is 1.94 bits per heavy atom. The second-order valence-electron chi connectivity index (χ2n) is 3.52. The van der Waals surface area contributed by atoms with Gasteiger partial charge in [0, 0.05) is 12.2 Å². The molecule has 6 nitrogen and oxygen atoms in total. The zero-order valence-corrected chi connectivity index (χ0v) is 10.9. The normalized spacial score (nSPS) is 11.2. The van der Waals surface area contributed by atoms with Gasteiger partial charge in [-0.2, -0.15) is 0 Å². The van der Waals surface area contributed by atoms with Crippen molar-refractivity contribution < 1.29 is 17.9 Å². The number of anilines is 1. The van der Waals surface area contributed by atoms with E-state index >= 15 is 0 Å².